The van der Waals surface area contributed by atoms with E-state index in [4.69, 9.17) is 39.2 Å². The molecule has 0 aliphatic rings. The molecule has 0 aliphatic heterocycles. The van der Waals surface area contributed by atoms with Crippen molar-refractivity contribution < 1.29 is 14.0 Å². The minimum absolute atomic E-state index is 0.0176. The summed E-state index contributed by atoms with van der Waals surface area (Å²) in [6.07, 6.45) is 0. The first kappa shape index (κ1) is 22.2. The number of benzene rings is 2. The molecule has 2 amide bonds. The summed E-state index contributed by atoms with van der Waals surface area (Å²) >= 11 is 18.2. The molecule has 0 unspecified atom stereocenters. The number of carbonyl (C=O) groups excluding carboxylic acids is 2. The molecule has 0 spiro atoms. The van der Waals surface area contributed by atoms with Crippen molar-refractivity contribution in [2.45, 2.75) is 6.54 Å². The molecule has 6 nitrogen and oxygen atoms in total. The molecule has 1 heterocycles. The van der Waals surface area contributed by atoms with Gasteiger partial charge in [0.15, 0.2) is 0 Å². The zero-order chi connectivity index (χ0) is 21.7. The number of furan rings is 1. The van der Waals surface area contributed by atoms with E-state index >= 15 is 0 Å². The van der Waals surface area contributed by atoms with Gasteiger partial charge in [0.1, 0.15) is 11.5 Å². The zero-order valence-corrected chi connectivity index (χ0v) is 18.2. The van der Waals surface area contributed by atoms with Crippen LogP contribution in [0.1, 0.15) is 16.1 Å². The molecule has 0 atom stereocenters. The Labute approximate surface area is 188 Å². The highest BCUT2D eigenvalue weighted by molar-refractivity contribution is 6.35. The van der Waals surface area contributed by atoms with Crippen LogP contribution in [0, 0.1) is 0 Å². The molecule has 3 rings (SSSR count). The van der Waals surface area contributed by atoms with Crippen LogP contribution >= 0.6 is 34.8 Å². The number of carbonyl (C=O) groups is 2. The van der Waals surface area contributed by atoms with Crippen LogP contribution < -0.4 is 16.0 Å². The third-order valence-electron chi connectivity index (χ3n) is 4.17. The van der Waals surface area contributed by atoms with E-state index in [0.717, 1.165) is 0 Å². The van der Waals surface area contributed by atoms with Gasteiger partial charge < -0.3 is 20.4 Å². The van der Waals surface area contributed by atoms with Crippen LogP contribution in [0.5, 0.6) is 0 Å². The Balaban J connectivity index is 1.58. The molecule has 3 N–H and O–H groups in total. The standard InChI is InChI=1S/C21H18Cl3N3O3/c1-25-21(29)16-9-13(23)3-6-18(16)27-20(28)11-26-10-14-4-7-19(30-14)15-8-12(22)2-5-17(15)24/h2-9,26H,10-11H2,1H3,(H,25,29)(H,27,28). The molecule has 30 heavy (non-hydrogen) atoms. The number of hydrogen-bond donors (Lipinski definition) is 3. The molecular formula is C21H18Cl3N3O3. The lowest BCUT2D eigenvalue weighted by molar-refractivity contribution is -0.115. The van der Waals surface area contributed by atoms with Crippen molar-refractivity contribution in [1.29, 1.82) is 0 Å². The van der Waals surface area contributed by atoms with Crippen molar-refractivity contribution in [3.8, 4) is 11.3 Å². The summed E-state index contributed by atoms with van der Waals surface area (Å²) < 4.78 is 5.78. The largest absolute Gasteiger partial charge is 0.460 e. The number of anilines is 1. The smallest absolute Gasteiger partial charge is 0.253 e. The minimum atomic E-state index is -0.344. The second-order valence-corrected chi connectivity index (χ2v) is 7.59. The lowest BCUT2D eigenvalue weighted by atomic mass is 10.1. The third kappa shape index (κ3) is 5.55. The van der Waals surface area contributed by atoms with Gasteiger partial charge in [0.2, 0.25) is 5.91 Å². The van der Waals surface area contributed by atoms with Crippen LogP contribution in [0.2, 0.25) is 15.1 Å². The average molecular weight is 467 g/mol. The summed E-state index contributed by atoms with van der Waals surface area (Å²) in [4.78, 5) is 24.2. The SMILES string of the molecule is CNC(=O)c1cc(Cl)ccc1NC(=O)CNCc1ccc(-c2cc(Cl)ccc2Cl)o1. The summed E-state index contributed by atoms with van der Waals surface area (Å²) in [5, 5.41) is 9.70. The van der Waals surface area contributed by atoms with Gasteiger partial charge in [0.05, 0.1) is 29.4 Å². The summed E-state index contributed by atoms with van der Waals surface area (Å²) in [5.74, 6) is 0.558. The second kappa shape index (κ2) is 10.00. The van der Waals surface area contributed by atoms with Crippen molar-refractivity contribution in [2.24, 2.45) is 0 Å². The zero-order valence-electron chi connectivity index (χ0n) is 15.9. The number of rotatable bonds is 7. The molecule has 2 aromatic carbocycles. The first-order valence-corrected chi connectivity index (χ1v) is 10.1. The Morgan fingerprint density at radius 1 is 0.967 bits per heavy atom. The monoisotopic (exact) mass is 465 g/mol. The lowest BCUT2D eigenvalue weighted by Gasteiger charge is -2.11. The fourth-order valence-corrected chi connectivity index (χ4v) is 3.30. The molecule has 0 fully saturated rings. The molecule has 0 saturated heterocycles. The van der Waals surface area contributed by atoms with E-state index in [0.29, 0.717) is 44.4 Å². The Kier molecular flexibility index (Phi) is 7.39. The number of amides is 2. The van der Waals surface area contributed by atoms with E-state index in [2.05, 4.69) is 16.0 Å². The van der Waals surface area contributed by atoms with Crippen LogP contribution in [-0.2, 0) is 11.3 Å². The normalized spacial score (nSPS) is 10.7. The number of halogens is 3. The summed E-state index contributed by atoms with van der Waals surface area (Å²) in [7, 11) is 1.50. The van der Waals surface area contributed by atoms with Gasteiger partial charge in [0, 0.05) is 22.7 Å². The first-order valence-electron chi connectivity index (χ1n) is 8.93. The van der Waals surface area contributed by atoms with Crippen LogP contribution in [0.15, 0.2) is 52.9 Å². The van der Waals surface area contributed by atoms with Crippen molar-refractivity contribution in [3.63, 3.8) is 0 Å². The quantitative estimate of drug-likeness (QED) is 0.458. The van der Waals surface area contributed by atoms with E-state index in [9.17, 15) is 9.59 Å². The summed E-state index contributed by atoms with van der Waals surface area (Å²) in [6, 6.07) is 13.4. The van der Waals surface area contributed by atoms with Crippen molar-refractivity contribution in [1.82, 2.24) is 10.6 Å². The molecule has 0 radical (unpaired) electrons. The Bertz CT molecular complexity index is 1080. The van der Waals surface area contributed by atoms with Gasteiger partial charge in [-0.3, -0.25) is 9.59 Å². The predicted molar refractivity (Wildman–Crippen MR) is 119 cm³/mol. The van der Waals surface area contributed by atoms with Crippen LogP contribution in [0.25, 0.3) is 11.3 Å². The Hall–Kier alpha value is -2.51. The number of hydrogen-bond acceptors (Lipinski definition) is 4. The van der Waals surface area contributed by atoms with Gasteiger partial charge in [-0.1, -0.05) is 34.8 Å². The van der Waals surface area contributed by atoms with E-state index < -0.39 is 0 Å². The van der Waals surface area contributed by atoms with E-state index in [-0.39, 0.29) is 23.9 Å². The predicted octanol–water partition coefficient (Wildman–Crippen LogP) is 4.99. The molecule has 0 bridgehead atoms. The van der Waals surface area contributed by atoms with Crippen molar-refractivity contribution in [3.05, 3.63) is 74.9 Å². The Morgan fingerprint density at radius 3 is 2.47 bits per heavy atom. The van der Waals surface area contributed by atoms with E-state index in [1.807, 2.05) is 0 Å². The van der Waals surface area contributed by atoms with Gasteiger partial charge >= 0.3 is 0 Å². The van der Waals surface area contributed by atoms with E-state index in [1.165, 1.54) is 13.1 Å². The molecule has 0 saturated carbocycles. The summed E-state index contributed by atoms with van der Waals surface area (Å²) in [6.45, 7) is 0.346. The number of nitrogens with one attached hydrogen (secondary N) is 3. The molecule has 156 valence electrons. The molecular weight excluding hydrogens is 449 g/mol. The second-order valence-electron chi connectivity index (χ2n) is 6.31. The maximum Gasteiger partial charge on any atom is 0.253 e. The van der Waals surface area contributed by atoms with Gasteiger partial charge in [-0.15, -0.1) is 0 Å². The molecule has 3 aromatic rings. The topological polar surface area (TPSA) is 83.4 Å². The van der Waals surface area contributed by atoms with Crippen molar-refractivity contribution >= 4 is 52.3 Å². The lowest BCUT2D eigenvalue weighted by Crippen LogP contribution is -2.29. The highest BCUT2D eigenvalue weighted by atomic mass is 35.5. The van der Waals surface area contributed by atoms with Crippen LogP contribution in [-0.4, -0.2) is 25.4 Å². The third-order valence-corrected chi connectivity index (χ3v) is 4.97. The average Bonchev–Trinajstić information content (AvgIpc) is 3.19. The van der Waals surface area contributed by atoms with Gasteiger partial charge in [-0.2, -0.15) is 0 Å². The van der Waals surface area contributed by atoms with Gasteiger partial charge in [-0.05, 0) is 48.5 Å². The molecule has 0 aliphatic carbocycles. The Morgan fingerprint density at radius 2 is 1.70 bits per heavy atom. The highest BCUT2D eigenvalue weighted by Crippen LogP contribution is 2.31. The van der Waals surface area contributed by atoms with Crippen LogP contribution in [0.4, 0.5) is 5.69 Å². The van der Waals surface area contributed by atoms with E-state index in [1.54, 1.807) is 42.5 Å². The van der Waals surface area contributed by atoms with Gasteiger partial charge in [0.25, 0.3) is 5.91 Å². The highest BCUT2D eigenvalue weighted by Gasteiger charge is 2.14. The van der Waals surface area contributed by atoms with Crippen molar-refractivity contribution in [2.75, 3.05) is 18.9 Å². The fourth-order valence-electron chi connectivity index (χ4n) is 2.75. The maximum absolute atomic E-state index is 12.3. The first-order chi connectivity index (χ1) is 14.4. The molecule has 1 aromatic heterocycles. The maximum atomic E-state index is 12.3. The minimum Gasteiger partial charge on any atom is -0.460 e. The van der Waals surface area contributed by atoms with Crippen LogP contribution in [0.3, 0.4) is 0 Å². The van der Waals surface area contributed by atoms with Gasteiger partial charge in [-0.25, -0.2) is 0 Å². The summed E-state index contributed by atoms with van der Waals surface area (Å²) in [5.41, 5.74) is 1.35. The fraction of sp³-hybridized carbons (Fsp3) is 0.143. The molecule has 9 heteroatoms.